The summed E-state index contributed by atoms with van der Waals surface area (Å²) >= 11 is 5.96. The third-order valence-corrected chi connectivity index (χ3v) is 4.37. The van der Waals surface area contributed by atoms with Crippen molar-refractivity contribution in [3.05, 3.63) is 64.7 Å². The minimum absolute atomic E-state index is 0.0872. The standard InChI is InChI=1S/C22H26ClNO3/c1-5-6-16-7-12-19(20(13-16)26-4)27-14-21(25)24-22(15(2)3)17-8-10-18(23)11-9-17/h5-13,15,22H,14H2,1-4H3,(H,24,25)/b6-5+. The molecule has 0 aliphatic heterocycles. The van der Waals surface area contributed by atoms with E-state index in [-0.39, 0.29) is 24.5 Å². The number of allylic oxidation sites excluding steroid dienone is 1. The number of methoxy groups -OCH3 is 1. The molecule has 1 unspecified atom stereocenters. The summed E-state index contributed by atoms with van der Waals surface area (Å²) in [5.41, 5.74) is 2.02. The lowest BCUT2D eigenvalue weighted by molar-refractivity contribution is -0.124. The maximum absolute atomic E-state index is 12.4. The first-order chi connectivity index (χ1) is 12.9. The summed E-state index contributed by atoms with van der Waals surface area (Å²) in [6, 6.07) is 13.0. The first kappa shape index (κ1) is 20.8. The fourth-order valence-corrected chi connectivity index (χ4v) is 2.89. The van der Waals surface area contributed by atoms with E-state index in [1.54, 1.807) is 13.2 Å². The summed E-state index contributed by atoms with van der Waals surface area (Å²) < 4.78 is 11.0. The van der Waals surface area contributed by atoms with E-state index in [2.05, 4.69) is 19.2 Å². The van der Waals surface area contributed by atoms with Gasteiger partial charge in [-0.25, -0.2) is 0 Å². The van der Waals surface area contributed by atoms with Gasteiger partial charge < -0.3 is 14.8 Å². The predicted molar refractivity (Wildman–Crippen MR) is 110 cm³/mol. The van der Waals surface area contributed by atoms with Crippen LogP contribution >= 0.6 is 11.6 Å². The molecule has 1 N–H and O–H groups in total. The molecule has 0 bridgehead atoms. The highest BCUT2D eigenvalue weighted by atomic mass is 35.5. The van der Waals surface area contributed by atoms with E-state index in [1.165, 1.54) is 0 Å². The number of amides is 1. The Morgan fingerprint density at radius 2 is 1.85 bits per heavy atom. The number of ether oxygens (including phenoxy) is 2. The Morgan fingerprint density at radius 1 is 1.15 bits per heavy atom. The van der Waals surface area contributed by atoms with Crippen LogP contribution in [0.2, 0.25) is 5.02 Å². The molecule has 144 valence electrons. The molecule has 2 rings (SSSR count). The van der Waals surface area contributed by atoms with E-state index in [1.807, 2.05) is 55.5 Å². The molecule has 0 radical (unpaired) electrons. The minimum Gasteiger partial charge on any atom is -0.493 e. The van der Waals surface area contributed by atoms with Gasteiger partial charge in [-0.2, -0.15) is 0 Å². The fraction of sp³-hybridized carbons (Fsp3) is 0.318. The van der Waals surface area contributed by atoms with Crippen molar-refractivity contribution in [3.8, 4) is 11.5 Å². The molecule has 2 aromatic rings. The largest absolute Gasteiger partial charge is 0.493 e. The lowest BCUT2D eigenvalue weighted by Gasteiger charge is -2.23. The van der Waals surface area contributed by atoms with E-state index >= 15 is 0 Å². The predicted octanol–water partition coefficient (Wildman–Crippen LogP) is 5.27. The van der Waals surface area contributed by atoms with Crippen LogP contribution in [0.25, 0.3) is 6.08 Å². The van der Waals surface area contributed by atoms with Crippen LogP contribution in [-0.2, 0) is 4.79 Å². The van der Waals surface area contributed by atoms with Crippen LogP contribution in [0.3, 0.4) is 0 Å². The second kappa shape index (κ2) is 10.0. The third-order valence-electron chi connectivity index (χ3n) is 4.12. The molecule has 0 aromatic heterocycles. The molecule has 4 nitrogen and oxygen atoms in total. The van der Waals surface area contributed by atoms with Gasteiger partial charge in [0.1, 0.15) is 0 Å². The van der Waals surface area contributed by atoms with Gasteiger partial charge in [-0.15, -0.1) is 0 Å². The molecule has 0 aliphatic rings. The van der Waals surface area contributed by atoms with Gasteiger partial charge in [0.25, 0.3) is 5.91 Å². The van der Waals surface area contributed by atoms with Crippen molar-refractivity contribution in [2.45, 2.75) is 26.8 Å². The highest BCUT2D eigenvalue weighted by molar-refractivity contribution is 6.30. The number of carbonyl (C=O) groups excluding carboxylic acids is 1. The molecule has 0 saturated carbocycles. The van der Waals surface area contributed by atoms with Gasteiger partial charge in [-0.3, -0.25) is 4.79 Å². The maximum Gasteiger partial charge on any atom is 0.258 e. The summed E-state index contributed by atoms with van der Waals surface area (Å²) in [6.07, 6.45) is 3.92. The second-order valence-electron chi connectivity index (χ2n) is 6.54. The third kappa shape index (κ3) is 6.04. The highest BCUT2D eigenvalue weighted by Gasteiger charge is 2.19. The fourth-order valence-electron chi connectivity index (χ4n) is 2.76. The molecule has 0 spiro atoms. The molecule has 27 heavy (non-hydrogen) atoms. The number of benzene rings is 2. The van der Waals surface area contributed by atoms with Crippen molar-refractivity contribution in [3.63, 3.8) is 0 Å². The van der Waals surface area contributed by atoms with E-state index in [9.17, 15) is 4.79 Å². The van der Waals surface area contributed by atoms with Gasteiger partial charge in [0.2, 0.25) is 0 Å². The number of carbonyl (C=O) groups is 1. The van der Waals surface area contributed by atoms with Crippen molar-refractivity contribution in [2.75, 3.05) is 13.7 Å². The van der Waals surface area contributed by atoms with Gasteiger partial charge in [0.05, 0.1) is 13.2 Å². The van der Waals surface area contributed by atoms with Crippen molar-refractivity contribution in [1.82, 2.24) is 5.32 Å². The zero-order chi connectivity index (χ0) is 19.8. The monoisotopic (exact) mass is 387 g/mol. The number of nitrogens with one attached hydrogen (secondary N) is 1. The normalized spacial score (nSPS) is 12.2. The van der Waals surface area contributed by atoms with Crippen LogP contribution < -0.4 is 14.8 Å². The van der Waals surface area contributed by atoms with Crippen LogP contribution in [0.4, 0.5) is 0 Å². The molecular weight excluding hydrogens is 362 g/mol. The summed E-state index contributed by atoms with van der Waals surface area (Å²) in [7, 11) is 1.58. The van der Waals surface area contributed by atoms with Gasteiger partial charge in [0.15, 0.2) is 18.1 Å². The zero-order valence-electron chi connectivity index (χ0n) is 16.2. The van der Waals surface area contributed by atoms with Crippen molar-refractivity contribution in [1.29, 1.82) is 0 Å². The lowest BCUT2D eigenvalue weighted by Crippen LogP contribution is -2.35. The van der Waals surface area contributed by atoms with Crippen molar-refractivity contribution >= 4 is 23.6 Å². The number of halogens is 1. The quantitative estimate of drug-likeness (QED) is 0.670. The molecule has 0 saturated heterocycles. The van der Waals surface area contributed by atoms with Gasteiger partial charge in [0, 0.05) is 5.02 Å². The summed E-state index contributed by atoms with van der Waals surface area (Å²) in [4.78, 5) is 12.4. The maximum atomic E-state index is 12.4. The molecule has 1 atom stereocenters. The number of rotatable bonds is 8. The van der Waals surface area contributed by atoms with Crippen LogP contribution in [0.1, 0.15) is 37.9 Å². The first-order valence-electron chi connectivity index (χ1n) is 8.93. The van der Waals surface area contributed by atoms with Crippen LogP contribution in [0, 0.1) is 5.92 Å². The summed E-state index contributed by atoms with van der Waals surface area (Å²) in [5.74, 6) is 1.16. The Kier molecular flexibility index (Phi) is 7.74. The van der Waals surface area contributed by atoms with Crippen LogP contribution in [0.15, 0.2) is 48.5 Å². The van der Waals surface area contributed by atoms with Gasteiger partial charge in [-0.1, -0.05) is 55.8 Å². The van der Waals surface area contributed by atoms with E-state index in [4.69, 9.17) is 21.1 Å². The van der Waals surface area contributed by atoms with Gasteiger partial charge in [-0.05, 0) is 48.2 Å². The highest BCUT2D eigenvalue weighted by Crippen LogP contribution is 2.29. The minimum atomic E-state index is -0.191. The van der Waals surface area contributed by atoms with Crippen molar-refractivity contribution in [2.24, 2.45) is 5.92 Å². The topological polar surface area (TPSA) is 47.6 Å². The molecule has 5 heteroatoms. The zero-order valence-corrected chi connectivity index (χ0v) is 16.9. The van der Waals surface area contributed by atoms with Crippen molar-refractivity contribution < 1.29 is 14.3 Å². The Bertz CT molecular complexity index is 785. The second-order valence-corrected chi connectivity index (χ2v) is 6.98. The Morgan fingerprint density at radius 3 is 2.44 bits per heavy atom. The summed E-state index contributed by atoms with van der Waals surface area (Å²) in [5, 5.41) is 3.70. The molecule has 0 heterocycles. The van der Waals surface area contributed by atoms with Gasteiger partial charge >= 0.3 is 0 Å². The van der Waals surface area contributed by atoms with E-state index in [0.29, 0.717) is 16.5 Å². The molecule has 1 amide bonds. The SMILES string of the molecule is C/C=C/c1ccc(OCC(=O)NC(c2ccc(Cl)cc2)C(C)C)c(OC)c1. The summed E-state index contributed by atoms with van der Waals surface area (Å²) in [6.45, 7) is 5.98. The molecular formula is C22H26ClNO3. The smallest absolute Gasteiger partial charge is 0.258 e. The molecule has 2 aromatic carbocycles. The van der Waals surface area contributed by atoms with E-state index < -0.39 is 0 Å². The Labute approximate surface area is 166 Å². The molecule has 0 aliphatic carbocycles. The average molecular weight is 388 g/mol. The van der Waals surface area contributed by atoms with E-state index in [0.717, 1.165) is 11.1 Å². The van der Waals surface area contributed by atoms with Crippen LogP contribution in [0.5, 0.6) is 11.5 Å². The first-order valence-corrected chi connectivity index (χ1v) is 9.30. The van der Waals surface area contributed by atoms with Crippen LogP contribution in [-0.4, -0.2) is 19.6 Å². The molecule has 0 fully saturated rings. The average Bonchev–Trinajstić information content (AvgIpc) is 2.65. The Hall–Kier alpha value is -2.46. The Balaban J connectivity index is 2.03. The lowest BCUT2D eigenvalue weighted by atomic mass is 9.96. The number of hydrogen-bond acceptors (Lipinski definition) is 3. The number of hydrogen-bond donors (Lipinski definition) is 1.